The number of nitro benzene ring substituents is 1. The van der Waals surface area contributed by atoms with Crippen LogP contribution in [-0.2, 0) is 0 Å². The van der Waals surface area contributed by atoms with E-state index in [1.165, 1.54) is 13.0 Å². The third-order valence-electron chi connectivity index (χ3n) is 2.89. The molecule has 0 bridgehead atoms. The van der Waals surface area contributed by atoms with Gasteiger partial charge in [0.05, 0.1) is 4.92 Å². The number of nitrogens with one attached hydrogen (secondary N) is 1. The number of hydrogen-bond donors (Lipinski definition) is 2. The van der Waals surface area contributed by atoms with Gasteiger partial charge in [-0.05, 0) is 30.4 Å². The summed E-state index contributed by atoms with van der Waals surface area (Å²) in [5.74, 6) is -1.34. The molecule has 0 saturated heterocycles. The van der Waals surface area contributed by atoms with Crippen LogP contribution in [0.2, 0.25) is 0 Å². The minimum absolute atomic E-state index is 0.130. The zero-order valence-corrected chi connectivity index (χ0v) is 9.55. The summed E-state index contributed by atoms with van der Waals surface area (Å²) < 4.78 is 0. The minimum Gasteiger partial charge on any atom is -0.500 e. The molecule has 0 aliphatic heterocycles. The molecule has 1 aromatic carbocycles. The Labute approximate surface area is 100 Å². The third-order valence-corrected chi connectivity index (χ3v) is 2.89. The normalized spacial score (nSPS) is 10.8. The lowest BCUT2D eigenvalue weighted by atomic mass is 10.0. The van der Waals surface area contributed by atoms with Crippen LogP contribution in [0.15, 0.2) is 6.07 Å². The molecule has 2 aromatic rings. The van der Waals surface area contributed by atoms with Crippen LogP contribution in [0.25, 0.3) is 10.9 Å². The van der Waals surface area contributed by atoms with Crippen molar-refractivity contribution in [3.63, 3.8) is 0 Å². The van der Waals surface area contributed by atoms with Crippen molar-refractivity contribution in [2.75, 3.05) is 0 Å². The van der Waals surface area contributed by atoms with Crippen LogP contribution in [0.3, 0.4) is 0 Å². The maximum atomic E-state index is 11.0. The monoisotopic (exact) mass is 251 g/mol. The Kier molecular flexibility index (Phi) is 2.43. The fourth-order valence-corrected chi connectivity index (χ4v) is 1.90. The summed E-state index contributed by atoms with van der Waals surface area (Å²) in [7, 11) is 0. The summed E-state index contributed by atoms with van der Waals surface area (Å²) in [6.07, 6.45) is 0. The Bertz CT molecular complexity index is 689. The van der Waals surface area contributed by atoms with E-state index in [-0.39, 0.29) is 16.6 Å². The highest BCUT2D eigenvalue weighted by atomic mass is 16.6. The standard InChI is InChI=1S/C10H9N3O5/c1-4-3-6-7(8(5(4)2)12(15)16)9(14)10(11-6)13(17)18/h3,11,14H,1-2H3. The van der Waals surface area contributed by atoms with Gasteiger partial charge in [-0.1, -0.05) is 0 Å². The van der Waals surface area contributed by atoms with E-state index < -0.39 is 21.4 Å². The van der Waals surface area contributed by atoms with E-state index in [9.17, 15) is 25.3 Å². The Hall–Kier alpha value is -2.64. The molecule has 0 amide bonds. The summed E-state index contributed by atoms with van der Waals surface area (Å²) in [5, 5.41) is 31.3. The molecule has 0 aliphatic rings. The SMILES string of the molecule is Cc1cc2[nH]c([N+](=O)[O-])c(O)c2c([N+](=O)[O-])c1C. The van der Waals surface area contributed by atoms with E-state index in [4.69, 9.17) is 0 Å². The van der Waals surface area contributed by atoms with Crippen molar-refractivity contribution in [3.8, 4) is 5.75 Å². The van der Waals surface area contributed by atoms with E-state index in [0.29, 0.717) is 11.1 Å². The molecule has 0 saturated carbocycles. The van der Waals surface area contributed by atoms with Crippen molar-refractivity contribution in [3.05, 3.63) is 37.4 Å². The van der Waals surface area contributed by atoms with Crippen LogP contribution >= 0.6 is 0 Å². The molecule has 0 unspecified atom stereocenters. The number of aryl methyl sites for hydroxylation is 1. The van der Waals surface area contributed by atoms with Gasteiger partial charge in [-0.3, -0.25) is 10.1 Å². The molecule has 0 aliphatic carbocycles. The Morgan fingerprint density at radius 2 is 1.83 bits per heavy atom. The number of fused-ring (bicyclic) bond motifs is 1. The second-order valence-corrected chi connectivity index (χ2v) is 3.93. The van der Waals surface area contributed by atoms with Gasteiger partial charge < -0.3 is 15.2 Å². The summed E-state index contributed by atoms with van der Waals surface area (Å²) in [4.78, 5) is 22.6. The topological polar surface area (TPSA) is 122 Å². The Morgan fingerprint density at radius 3 is 2.33 bits per heavy atom. The molecular weight excluding hydrogens is 242 g/mol. The zero-order valence-electron chi connectivity index (χ0n) is 9.55. The average molecular weight is 251 g/mol. The van der Waals surface area contributed by atoms with E-state index >= 15 is 0 Å². The molecule has 1 aromatic heterocycles. The lowest BCUT2D eigenvalue weighted by Gasteiger charge is -2.01. The lowest BCUT2D eigenvalue weighted by Crippen LogP contribution is -1.94. The molecule has 8 heteroatoms. The number of aromatic amines is 1. The predicted octanol–water partition coefficient (Wildman–Crippen LogP) is 2.31. The van der Waals surface area contributed by atoms with Gasteiger partial charge in [-0.25, -0.2) is 4.98 Å². The van der Waals surface area contributed by atoms with Crippen molar-refractivity contribution in [2.45, 2.75) is 13.8 Å². The number of aromatic hydroxyl groups is 1. The highest BCUT2D eigenvalue weighted by Gasteiger charge is 2.29. The number of nitro groups is 2. The van der Waals surface area contributed by atoms with Crippen molar-refractivity contribution in [1.29, 1.82) is 0 Å². The van der Waals surface area contributed by atoms with Crippen molar-refractivity contribution >= 4 is 22.4 Å². The van der Waals surface area contributed by atoms with Crippen LogP contribution in [0.5, 0.6) is 5.75 Å². The Balaban J connectivity index is 3.00. The molecule has 0 radical (unpaired) electrons. The maximum absolute atomic E-state index is 11.0. The molecule has 0 spiro atoms. The molecule has 8 nitrogen and oxygen atoms in total. The van der Waals surface area contributed by atoms with Gasteiger partial charge in [0.15, 0.2) is 0 Å². The summed E-state index contributed by atoms with van der Waals surface area (Å²) in [5.41, 5.74) is 0.850. The van der Waals surface area contributed by atoms with Gasteiger partial charge in [0.2, 0.25) is 5.75 Å². The van der Waals surface area contributed by atoms with E-state index in [1.54, 1.807) is 6.92 Å². The van der Waals surface area contributed by atoms with E-state index in [1.807, 2.05) is 0 Å². The Morgan fingerprint density at radius 1 is 1.22 bits per heavy atom. The van der Waals surface area contributed by atoms with Gasteiger partial charge in [0.1, 0.15) is 10.9 Å². The first kappa shape index (κ1) is 11.8. The van der Waals surface area contributed by atoms with Gasteiger partial charge >= 0.3 is 5.82 Å². The van der Waals surface area contributed by atoms with Crippen molar-refractivity contribution in [2.24, 2.45) is 0 Å². The number of hydrogen-bond acceptors (Lipinski definition) is 5. The molecule has 2 N–H and O–H groups in total. The van der Waals surface area contributed by atoms with Crippen LogP contribution in [0.4, 0.5) is 11.5 Å². The fraction of sp³-hybridized carbons (Fsp3) is 0.200. The molecule has 18 heavy (non-hydrogen) atoms. The van der Waals surface area contributed by atoms with Gasteiger partial charge in [-0.2, -0.15) is 0 Å². The predicted molar refractivity (Wildman–Crippen MR) is 62.7 cm³/mol. The summed E-state index contributed by atoms with van der Waals surface area (Å²) in [6.45, 7) is 3.19. The number of rotatable bonds is 2. The first-order chi connectivity index (χ1) is 8.34. The number of H-pyrrole nitrogens is 1. The molecule has 0 atom stereocenters. The van der Waals surface area contributed by atoms with E-state index in [2.05, 4.69) is 4.98 Å². The van der Waals surface area contributed by atoms with Crippen molar-refractivity contribution < 1.29 is 15.0 Å². The number of aromatic nitrogens is 1. The molecule has 0 fully saturated rings. The van der Waals surface area contributed by atoms with E-state index in [0.717, 1.165) is 0 Å². The van der Waals surface area contributed by atoms with Crippen LogP contribution in [0.1, 0.15) is 11.1 Å². The molecular formula is C10H9N3O5. The fourth-order valence-electron chi connectivity index (χ4n) is 1.90. The van der Waals surface area contributed by atoms with Gasteiger partial charge in [0.25, 0.3) is 5.69 Å². The highest BCUT2D eigenvalue weighted by molar-refractivity contribution is 5.99. The number of benzene rings is 1. The molecule has 2 rings (SSSR count). The largest absolute Gasteiger partial charge is 0.500 e. The second kappa shape index (κ2) is 3.69. The molecule has 94 valence electrons. The second-order valence-electron chi connectivity index (χ2n) is 3.93. The maximum Gasteiger partial charge on any atom is 0.364 e. The minimum atomic E-state index is -0.816. The van der Waals surface area contributed by atoms with Gasteiger partial charge in [0, 0.05) is 5.56 Å². The van der Waals surface area contributed by atoms with Gasteiger partial charge in [-0.15, -0.1) is 0 Å². The first-order valence-corrected chi connectivity index (χ1v) is 4.98. The highest BCUT2D eigenvalue weighted by Crippen LogP contribution is 2.42. The quantitative estimate of drug-likeness (QED) is 0.626. The third kappa shape index (κ3) is 1.46. The molecule has 1 heterocycles. The first-order valence-electron chi connectivity index (χ1n) is 4.98. The zero-order chi connectivity index (χ0) is 13.6. The summed E-state index contributed by atoms with van der Waals surface area (Å²) >= 11 is 0. The van der Waals surface area contributed by atoms with Crippen molar-refractivity contribution in [1.82, 2.24) is 4.98 Å². The smallest absolute Gasteiger partial charge is 0.364 e. The van der Waals surface area contributed by atoms with Crippen LogP contribution in [-0.4, -0.2) is 19.9 Å². The summed E-state index contributed by atoms with van der Waals surface area (Å²) in [6, 6.07) is 1.53. The van der Waals surface area contributed by atoms with Crippen LogP contribution < -0.4 is 0 Å². The lowest BCUT2D eigenvalue weighted by molar-refractivity contribution is -0.390. The number of nitrogens with zero attached hydrogens (tertiary/aromatic N) is 2. The average Bonchev–Trinajstić information content (AvgIpc) is 2.57. The van der Waals surface area contributed by atoms with Crippen LogP contribution in [0, 0.1) is 34.1 Å².